The van der Waals surface area contributed by atoms with E-state index < -0.39 is 0 Å². The van der Waals surface area contributed by atoms with Crippen LogP contribution in [-0.2, 0) is 11.3 Å². The summed E-state index contributed by atoms with van der Waals surface area (Å²) in [4.78, 5) is 13.4. The Labute approximate surface area is 218 Å². The molecule has 2 aromatic rings. The van der Waals surface area contributed by atoms with Gasteiger partial charge in [0, 0.05) is 37.0 Å². The standard InChI is InChI=1S/C18H29BrN4O2.C9H11F/c1-5-6-7-22-18-15(25-4)10-14(16(19)17(18)20)12-23(9-8-21-3)11-13(2)24;1-7(2)8-3-5-9(10)6-4-8/h8-10,21-22H,5-7,11-12,20H2,1-4H3;3-7H,1-2H3/b9-8-;. The third kappa shape index (κ3) is 10.6. The summed E-state index contributed by atoms with van der Waals surface area (Å²) in [7, 11) is 3.45. The second-order valence-corrected chi connectivity index (χ2v) is 9.33. The zero-order valence-electron chi connectivity index (χ0n) is 21.8. The van der Waals surface area contributed by atoms with Crippen molar-refractivity contribution in [3.63, 3.8) is 0 Å². The molecule has 0 saturated carbocycles. The summed E-state index contributed by atoms with van der Waals surface area (Å²) >= 11 is 3.59. The van der Waals surface area contributed by atoms with Crippen LogP contribution in [0.4, 0.5) is 15.8 Å². The number of rotatable bonds is 12. The zero-order valence-corrected chi connectivity index (χ0v) is 23.3. The van der Waals surface area contributed by atoms with Crippen molar-refractivity contribution >= 4 is 33.1 Å². The number of nitrogens with one attached hydrogen (secondary N) is 2. The fourth-order valence-electron chi connectivity index (χ4n) is 3.25. The first-order valence-electron chi connectivity index (χ1n) is 11.9. The maximum Gasteiger partial charge on any atom is 0.149 e. The van der Waals surface area contributed by atoms with Crippen LogP contribution in [0.3, 0.4) is 0 Å². The van der Waals surface area contributed by atoms with Crippen LogP contribution < -0.4 is 21.1 Å². The van der Waals surface area contributed by atoms with Gasteiger partial charge in [0.2, 0.25) is 0 Å². The highest BCUT2D eigenvalue weighted by Gasteiger charge is 2.17. The maximum atomic E-state index is 12.4. The average molecular weight is 552 g/mol. The molecule has 0 unspecified atom stereocenters. The summed E-state index contributed by atoms with van der Waals surface area (Å²) in [5, 5.41) is 6.29. The molecule has 0 aliphatic rings. The first kappa shape index (κ1) is 30.3. The number of Topliss-reactive ketones (excluding diaryl/α,β-unsaturated/α-hetero) is 1. The van der Waals surface area contributed by atoms with Gasteiger partial charge in [-0.05, 0) is 64.5 Å². The summed E-state index contributed by atoms with van der Waals surface area (Å²) in [5.41, 5.74) is 9.87. The van der Waals surface area contributed by atoms with E-state index in [9.17, 15) is 9.18 Å². The highest BCUT2D eigenvalue weighted by atomic mass is 79.9. The van der Waals surface area contributed by atoms with Gasteiger partial charge in [-0.25, -0.2) is 4.39 Å². The molecule has 2 rings (SSSR count). The number of hydrogen-bond donors (Lipinski definition) is 3. The molecule has 6 nitrogen and oxygen atoms in total. The molecule has 2 aromatic carbocycles. The average Bonchev–Trinajstić information content (AvgIpc) is 2.82. The smallest absolute Gasteiger partial charge is 0.149 e. The molecule has 0 atom stereocenters. The minimum atomic E-state index is -0.163. The van der Waals surface area contributed by atoms with E-state index in [1.54, 1.807) is 20.2 Å². The minimum Gasteiger partial charge on any atom is -0.494 e. The molecule has 0 radical (unpaired) electrons. The topological polar surface area (TPSA) is 79.6 Å². The van der Waals surface area contributed by atoms with Gasteiger partial charge in [0.25, 0.3) is 0 Å². The summed E-state index contributed by atoms with van der Waals surface area (Å²) in [6.45, 7) is 9.59. The van der Waals surface area contributed by atoms with E-state index in [4.69, 9.17) is 10.5 Å². The van der Waals surface area contributed by atoms with Gasteiger partial charge in [0.05, 0.1) is 19.3 Å². The molecular weight excluding hydrogens is 511 g/mol. The van der Waals surface area contributed by atoms with Gasteiger partial charge in [0.15, 0.2) is 0 Å². The van der Waals surface area contributed by atoms with Crippen LogP contribution >= 0.6 is 15.9 Å². The normalized spacial score (nSPS) is 10.7. The van der Waals surface area contributed by atoms with Crippen molar-refractivity contribution < 1.29 is 13.9 Å². The summed E-state index contributed by atoms with van der Waals surface area (Å²) in [6.07, 6.45) is 5.80. The van der Waals surface area contributed by atoms with Gasteiger partial charge >= 0.3 is 0 Å². The van der Waals surface area contributed by atoms with Crippen molar-refractivity contribution in [2.24, 2.45) is 0 Å². The number of unbranched alkanes of at least 4 members (excludes halogenated alkanes) is 1. The molecule has 0 saturated heterocycles. The number of ether oxygens (including phenoxy) is 1. The molecule has 0 aliphatic heterocycles. The molecular formula is C27H40BrFN4O2. The number of halogens is 2. The lowest BCUT2D eigenvalue weighted by atomic mass is 10.0. The van der Waals surface area contributed by atoms with Crippen molar-refractivity contribution in [1.82, 2.24) is 10.2 Å². The first-order valence-corrected chi connectivity index (χ1v) is 12.6. The van der Waals surface area contributed by atoms with Gasteiger partial charge in [0.1, 0.15) is 23.0 Å². The highest BCUT2D eigenvalue weighted by Crippen LogP contribution is 2.39. The number of nitrogens with two attached hydrogens (primary N) is 1. The second kappa shape index (κ2) is 16.0. The molecule has 4 N–H and O–H groups in total. The fraction of sp³-hybridized carbons (Fsp3) is 0.444. The zero-order chi connectivity index (χ0) is 26.4. The molecule has 0 aliphatic carbocycles. The highest BCUT2D eigenvalue weighted by molar-refractivity contribution is 9.10. The number of ketones is 1. The van der Waals surface area contributed by atoms with Gasteiger partial charge in [-0.1, -0.05) is 39.3 Å². The quantitative estimate of drug-likeness (QED) is 0.213. The van der Waals surface area contributed by atoms with Crippen LogP contribution in [-0.4, -0.2) is 37.9 Å². The van der Waals surface area contributed by atoms with Gasteiger partial charge < -0.3 is 26.0 Å². The molecule has 0 spiro atoms. The van der Waals surface area contributed by atoms with Crippen molar-refractivity contribution in [3.8, 4) is 5.75 Å². The molecule has 194 valence electrons. The molecule has 35 heavy (non-hydrogen) atoms. The van der Waals surface area contributed by atoms with Crippen LogP contribution in [0.25, 0.3) is 0 Å². The summed E-state index contributed by atoms with van der Waals surface area (Å²) < 4.78 is 18.7. The Balaban J connectivity index is 0.000000507. The lowest BCUT2D eigenvalue weighted by molar-refractivity contribution is -0.117. The molecule has 0 heterocycles. The number of carbonyl (C=O) groups is 1. The minimum absolute atomic E-state index is 0.0923. The Bertz CT molecular complexity index is 949. The number of carbonyl (C=O) groups excluding carboxylic acids is 1. The van der Waals surface area contributed by atoms with E-state index in [2.05, 4.69) is 47.3 Å². The number of anilines is 2. The molecule has 0 aromatic heterocycles. The monoisotopic (exact) mass is 550 g/mol. The largest absolute Gasteiger partial charge is 0.494 e. The van der Waals surface area contributed by atoms with E-state index >= 15 is 0 Å². The van der Waals surface area contributed by atoms with Crippen LogP contribution in [0.2, 0.25) is 0 Å². The Morgan fingerprint density at radius 1 is 1.29 bits per heavy atom. The Hall–Kier alpha value is -2.74. The van der Waals surface area contributed by atoms with E-state index in [-0.39, 0.29) is 11.6 Å². The predicted octanol–water partition coefficient (Wildman–Crippen LogP) is 6.28. The number of benzene rings is 2. The van der Waals surface area contributed by atoms with E-state index in [1.807, 2.05) is 36.3 Å². The van der Waals surface area contributed by atoms with Crippen molar-refractivity contribution in [1.29, 1.82) is 0 Å². The molecule has 8 heteroatoms. The molecule has 0 fully saturated rings. The fourth-order valence-corrected chi connectivity index (χ4v) is 3.69. The van der Waals surface area contributed by atoms with Crippen LogP contribution in [0.5, 0.6) is 5.75 Å². The van der Waals surface area contributed by atoms with Crippen molar-refractivity contribution in [2.45, 2.75) is 53.0 Å². The lowest BCUT2D eigenvalue weighted by Crippen LogP contribution is -2.24. The molecule has 0 bridgehead atoms. The van der Waals surface area contributed by atoms with Crippen molar-refractivity contribution in [3.05, 3.63) is 64.1 Å². The van der Waals surface area contributed by atoms with E-state index in [0.29, 0.717) is 30.4 Å². The van der Waals surface area contributed by atoms with Crippen LogP contribution in [0.15, 0.2) is 47.2 Å². The third-order valence-corrected chi connectivity index (χ3v) is 6.12. The number of nitrogens with zero attached hydrogens (tertiary/aromatic N) is 1. The Morgan fingerprint density at radius 3 is 2.46 bits per heavy atom. The molecule has 0 amide bonds. The number of methoxy groups -OCH3 is 1. The lowest BCUT2D eigenvalue weighted by Gasteiger charge is -2.22. The second-order valence-electron chi connectivity index (χ2n) is 8.54. The number of nitrogen functional groups attached to an aromatic ring is 1. The van der Waals surface area contributed by atoms with Crippen LogP contribution in [0.1, 0.15) is 57.6 Å². The van der Waals surface area contributed by atoms with Gasteiger partial charge in [-0.3, -0.25) is 4.79 Å². The van der Waals surface area contributed by atoms with E-state index in [0.717, 1.165) is 35.1 Å². The van der Waals surface area contributed by atoms with E-state index in [1.165, 1.54) is 17.7 Å². The SMILES string of the molecule is CC(C)c1ccc(F)cc1.CCCCNc1c(OC)cc(CN(/C=C\NC)CC(C)=O)c(Br)c1N. The predicted molar refractivity (Wildman–Crippen MR) is 148 cm³/mol. The van der Waals surface area contributed by atoms with Gasteiger partial charge in [-0.15, -0.1) is 0 Å². The van der Waals surface area contributed by atoms with Gasteiger partial charge in [-0.2, -0.15) is 0 Å². The van der Waals surface area contributed by atoms with Crippen LogP contribution in [0, 0.1) is 5.82 Å². The first-order chi connectivity index (χ1) is 16.6. The summed E-state index contributed by atoms with van der Waals surface area (Å²) in [5.74, 6) is 1.12. The summed E-state index contributed by atoms with van der Waals surface area (Å²) in [6, 6.07) is 8.58. The maximum absolute atomic E-state index is 12.4. The Morgan fingerprint density at radius 2 is 1.94 bits per heavy atom. The van der Waals surface area contributed by atoms with Crippen molar-refractivity contribution in [2.75, 3.05) is 38.3 Å². The number of hydrogen-bond acceptors (Lipinski definition) is 6. The third-order valence-electron chi connectivity index (χ3n) is 5.18. The Kier molecular flexibility index (Phi) is 13.9.